The van der Waals surface area contributed by atoms with E-state index in [1.54, 1.807) is 14.2 Å². The monoisotopic (exact) mass is 552 g/mol. The molecular weight excluding hydrogens is 519 g/mol. The van der Waals surface area contributed by atoms with E-state index in [0.29, 0.717) is 32.1 Å². The fourth-order valence-electron chi connectivity index (χ4n) is 3.59. The van der Waals surface area contributed by atoms with E-state index in [0.717, 1.165) is 31.0 Å². The average Bonchev–Trinajstić information content (AvgIpc) is 3.17. The minimum Gasteiger partial charge on any atom is -0.497 e. The summed E-state index contributed by atoms with van der Waals surface area (Å²) >= 11 is 0. The van der Waals surface area contributed by atoms with E-state index in [-0.39, 0.29) is 35.8 Å². The second-order valence-corrected chi connectivity index (χ2v) is 7.55. The number of hydrogen-bond acceptors (Lipinski definition) is 4. The third-order valence-electron chi connectivity index (χ3n) is 5.31. The fraction of sp³-hybridized carbons (Fsp3) is 0.417. The van der Waals surface area contributed by atoms with E-state index in [4.69, 9.17) is 9.47 Å². The number of hydrogen-bond donors (Lipinski definition) is 2. The molecule has 0 aliphatic carbocycles. The van der Waals surface area contributed by atoms with Crippen molar-refractivity contribution < 1.29 is 14.3 Å². The van der Waals surface area contributed by atoms with E-state index >= 15 is 0 Å². The van der Waals surface area contributed by atoms with Crippen LogP contribution in [0.4, 0.5) is 0 Å². The molecule has 2 N–H and O–H groups in total. The number of carbonyl (C=O) groups is 1. The molecule has 174 valence electrons. The molecule has 1 heterocycles. The first-order valence-corrected chi connectivity index (χ1v) is 10.7. The Labute approximate surface area is 207 Å². The van der Waals surface area contributed by atoms with Gasteiger partial charge in [0.2, 0.25) is 5.91 Å². The molecular formula is C24H33IN4O3. The normalized spacial score (nSPS) is 15.8. The van der Waals surface area contributed by atoms with Gasteiger partial charge in [-0.05, 0) is 36.2 Å². The highest BCUT2D eigenvalue weighted by atomic mass is 127. The van der Waals surface area contributed by atoms with Crippen molar-refractivity contribution in [1.29, 1.82) is 0 Å². The second kappa shape index (κ2) is 13.8. The van der Waals surface area contributed by atoms with Crippen LogP contribution in [0.25, 0.3) is 0 Å². The van der Waals surface area contributed by atoms with E-state index < -0.39 is 0 Å². The Balaban J connectivity index is 0.00000363. The summed E-state index contributed by atoms with van der Waals surface area (Å²) in [6.07, 6.45) is 1.48. The maximum atomic E-state index is 12.3. The molecule has 0 bridgehead atoms. The van der Waals surface area contributed by atoms with Crippen molar-refractivity contribution in [2.45, 2.75) is 12.8 Å². The van der Waals surface area contributed by atoms with Crippen molar-refractivity contribution in [2.24, 2.45) is 10.9 Å². The summed E-state index contributed by atoms with van der Waals surface area (Å²) in [6.45, 7) is 3.42. The lowest BCUT2D eigenvalue weighted by molar-refractivity contribution is -0.127. The molecule has 1 aliphatic rings. The molecule has 0 saturated carbocycles. The third-order valence-corrected chi connectivity index (χ3v) is 5.31. The van der Waals surface area contributed by atoms with E-state index in [1.165, 1.54) is 5.56 Å². The van der Waals surface area contributed by atoms with E-state index in [1.807, 2.05) is 47.4 Å². The van der Waals surface area contributed by atoms with E-state index in [9.17, 15) is 4.79 Å². The van der Waals surface area contributed by atoms with Crippen LogP contribution in [0, 0.1) is 5.92 Å². The Hall–Kier alpha value is -2.49. The number of aliphatic imine (C=N–C) groups is 1. The molecule has 1 aliphatic heterocycles. The maximum Gasteiger partial charge on any atom is 0.223 e. The van der Waals surface area contributed by atoms with Gasteiger partial charge in [0.15, 0.2) is 5.96 Å². The number of amides is 1. The zero-order valence-corrected chi connectivity index (χ0v) is 21.1. The minimum atomic E-state index is 0. The Morgan fingerprint density at radius 1 is 1.09 bits per heavy atom. The predicted octanol–water partition coefficient (Wildman–Crippen LogP) is 2.95. The van der Waals surface area contributed by atoms with Crippen LogP contribution in [0.3, 0.4) is 0 Å². The number of likely N-dealkylation sites (tertiary alicyclic amines) is 1. The summed E-state index contributed by atoms with van der Waals surface area (Å²) in [4.78, 5) is 18.6. The van der Waals surface area contributed by atoms with Crippen molar-refractivity contribution >= 4 is 35.8 Å². The molecule has 0 radical (unpaired) electrons. The van der Waals surface area contributed by atoms with Crippen LogP contribution in [-0.2, 0) is 11.2 Å². The van der Waals surface area contributed by atoms with Crippen LogP contribution < -0.4 is 20.1 Å². The topological polar surface area (TPSA) is 75.2 Å². The molecule has 8 heteroatoms. The molecule has 1 fully saturated rings. The third kappa shape index (κ3) is 8.22. The smallest absolute Gasteiger partial charge is 0.223 e. The Morgan fingerprint density at radius 3 is 2.50 bits per heavy atom. The van der Waals surface area contributed by atoms with Crippen LogP contribution >= 0.6 is 24.0 Å². The van der Waals surface area contributed by atoms with Crippen LogP contribution in [0.15, 0.2) is 59.6 Å². The molecule has 1 saturated heterocycles. The van der Waals surface area contributed by atoms with Crippen LogP contribution in [0.2, 0.25) is 0 Å². The zero-order valence-electron chi connectivity index (χ0n) is 18.8. The zero-order chi connectivity index (χ0) is 21.9. The number of benzene rings is 2. The van der Waals surface area contributed by atoms with E-state index in [2.05, 4.69) is 27.8 Å². The lowest BCUT2D eigenvalue weighted by Gasteiger charge is -2.18. The Bertz CT molecular complexity index is 846. The van der Waals surface area contributed by atoms with Gasteiger partial charge in [-0.3, -0.25) is 9.79 Å². The van der Waals surface area contributed by atoms with Gasteiger partial charge >= 0.3 is 0 Å². The van der Waals surface area contributed by atoms with Crippen LogP contribution in [0.5, 0.6) is 11.5 Å². The molecule has 7 nitrogen and oxygen atoms in total. The molecule has 32 heavy (non-hydrogen) atoms. The highest BCUT2D eigenvalue weighted by molar-refractivity contribution is 14.0. The predicted molar refractivity (Wildman–Crippen MR) is 138 cm³/mol. The Kier molecular flexibility index (Phi) is 11.1. The highest BCUT2D eigenvalue weighted by Crippen LogP contribution is 2.18. The molecule has 1 atom stereocenters. The SMILES string of the molecule is CN=C(NCCOc1ccc(OC)cc1)NCC1CC(=O)N(CCc2ccccc2)C1.I. The number of ether oxygens (including phenoxy) is 2. The summed E-state index contributed by atoms with van der Waals surface area (Å²) < 4.78 is 10.9. The molecule has 2 aromatic carbocycles. The van der Waals surface area contributed by atoms with Crippen molar-refractivity contribution in [1.82, 2.24) is 15.5 Å². The number of nitrogens with one attached hydrogen (secondary N) is 2. The van der Waals surface area contributed by atoms with Gasteiger partial charge in [0.25, 0.3) is 0 Å². The van der Waals surface area contributed by atoms with Crippen molar-refractivity contribution in [2.75, 3.05) is 46.9 Å². The first-order valence-electron chi connectivity index (χ1n) is 10.7. The van der Waals surface area contributed by atoms with Gasteiger partial charge in [0.1, 0.15) is 18.1 Å². The quantitative estimate of drug-likeness (QED) is 0.205. The molecule has 0 aromatic heterocycles. The number of guanidine groups is 1. The average molecular weight is 552 g/mol. The lowest BCUT2D eigenvalue weighted by atomic mass is 10.1. The van der Waals surface area contributed by atoms with Crippen LogP contribution in [-0.4, -0.2) is 63.7 Å². The first kappa shape index (κ1) is 25.8. The van der Waals surface area contributed by atoms with Gasteiger partial charge in [-0.1, -0.05) is 30.3 Å². The van der Waals surface area contributed by atoms with Crippen LogP contribution in [0.1, 0.15) is 12.0 Å². The summed E-state index contributed by atoms with van der Waals surface area (Å²) in [5.41, 5.74) is 1.26. The molecule has 3 rings (SSSR count). The van der Waals surface area contributed by atoms with Gasteiger partial charge in [-0.25, -0.2) is 0 Å². The van der Waals surface area contributed by atoms with Gasteiger partial charge in [0, 0.05) is 39.0 Å². The summed E-state index contributed by atoms with van der Waals surface area (Å²) in [5, 5.41) is 6.57. The van der Waals surface area contributed by atoms with Gasteiger partial charge in [-0.2, -0.15) is 0 Å². The van der Waals surface area contributed by atoms with Gasteiger partial charge < -0.3 is 25.0 Å². The van der Waals surface area contributed by atoms with Crippen molar-refractivity contribution in [3.63, 3.8) is 0 Å². The first-order chi connectivity index (χ1) is 15.2. The summed E-state index contributed by atoms with van der Waals surface area (Å²) in [6, 6.07) is 17.8. The highest BCUT2D eigenvalue weighted by Gasteiger charge is 2.29. The van der Waals surface area contributed by atoms with Crippen molar-refractivity contribution in [3.8, 4) is 11.5 Å². The number of methoxy groups -OCH3 is 1. The van der Waals surface area contributed by atoms with Gasteiger partial charge in [-0.15, -0.1) is 24.0 Å². The number of halogens is 1. The summed E-state index contributed by atoms with van der Waals surface area (Å²) in [5.74, 6) is 2.84. The number of rotatable bonds is 10. The lowest BCUT2D eigenvalue weighted by Crippen LogP contribution is -2.41. The molecule has 1 amide bonds. The van der Waals surface area contributed by atoms with Gasteiger partial charge in [0.05, 0.1) is 13.7 Å². The molecule has 1 unspecified atom stereocenters. The number of carbonyl (C=O) groups excluding carboxylic acids is 1. The second-order valence-electron chi connectivity index (χ2n) is 7.55. The van der Waals surface area contributed by atoms with Crippen molar-refractivity contribution in [3.05, 3.63) is 60.2 Å². The number of nitrogens with zero attached hydrogens (tertiary/aromatic N) is 2. The standard InChI is InChI=1S/C24H32N4O3.HI/c1-25-24(26-13-15-31-22-10-8-21(30-2)9-11-22)27-17-20-16-23(29)28(18-20)14-12-19-6-4-3-5-7-19;/h3-11,20H,12-18H2,1-2H3,(H2,25,26,27);1H. The largest absolute Gasteiger partial charge is 0.497 e. The minimum absolute atomic E-state index is 0. The maximum absolute atomic E-state index is 12.3. The fourth-order valence-corrected chi connectivity index (χ4v) is 3.59. The summed E-state index contributed by atoms with van der Waals surface area (Å²) in [7, 11) is 3.38. The molecule has 2 aromatic rings. The molecule has 0 spiro atoms. The Morgan fingerprint density at radius 2 is 1.81 bits per heavy atom.